The van der Waals surface area contributed by atoms with Crippen LogP contribution in [-0.2, 0) is 26.2 Å². The van der Waals surface area contributed by atoms with Crippen LogP contribution in [-0.4, -0.2) is 57.1 Å². The molecule has 2 amide bonds. The highest BCUT2D eigenvalue weighted by atomic mass is 32.2. The number of amides is 2. The van der Waals surface area contributed by atoms with Crippen molar-refractivity contribution in [2.24, 2.45) is 0 Å². The van der Waals surface area contributed by atoms with Crippen LogP contribution < -0.4 is 14.4 Å². The van der Waals surface area contributed by atoms with Gasteiger partial charge in [-0.2, -0.15) is 0 Å². The second kappa shape index (κ2) is 11.5. The molecule has 2 aromatic rings. The van der Waals surface area contributed by atoms with E-state index in [0.29, 0.717) is 5.75 Å². The minimum Gasteiger partial charge on any atom is -0.497 e. The quantitative estimate of drug-likeness (QED) is 0.535. The molecule has 1 N–H and O–H groups in total. The Balaban J connectivity index is 1.86. The second-order valence-corrected chi connectivity index (χ2v) is 10.7. The summed E-state index contributed by atoms with van der Waals surface area (Å²) in [4.78, 5) is 27.9. The lowest BCUT2D eigenvalue weighted by Crippen LogP contribution is -2.52. The number of sulfonamides is 1. The lowest BCUT2D eigenvalue weighted by Gasteiger charge is -2.32. The monoisotopic (exact) mass is 505 g/mol. The van der Waals surface area contributed by atoms with Crippen LogP contribution in [0.1, 0.15) is 38.2 Å². The first-order valence-corrected chi connectivity index (χ1v) is 13.4. The summed E-state index contributed by atoms with van der Waals surface area (Å²) in [6, 6.07) is 11.2. The van der Waals surface area contributed by atoms with Gasteiger partial charge in [0.2, 0.25) is 21.8 Å². The number of nitrogens with zero attached hydrogens (tertiary/aromatic N) is 2. The summed E-state index contributed by atoms with van der Waals surface area (Å²) >= 11 is 0. The molecule has 1 saturated carbocycles. The summed E-state index contributed by atoms with van der Waals surface area (Å²) in [5.41, 5.74) is 0.919. The van der Waals surface area contributed by atoms with Crippen molar-refractivity contribution in [1.29, 1.82) is 0 Å². The van der Waals surface area contributed by atoms with Gasteiger partial charge in [-0.1, -0.05) is 25.0 Å². The lowest BCUT2D eigenvalue weighted by atomic mass is 10.1. The maximum absolute atomic E-state index is 13.5. The predicted octanol–water partition coefficient (Wildman–Crippen LogP) is 3.08. The second-order valence-electron chi connectivity index (χ2n) is 8.78. The van der Waals surface area contributed by atoms with E-state index in [9.17, 15) is 22.4 Å². The van der Waals surface area contributed by atoms with E-state index >= 15 is 0 Å². The van der Waals surface area contributed by atoms with E-state index in [1.807, 2.05) is 0 Å². The fraction of sp³-hybridized carbons (Fsp3) is 0.440. The van der Waals surface area contributed by atoms with Gasteiger partial charge < -0.3 is 15.0 Å². The number of halogens is 1. The summed E-state index contributed by atoms with van der Waals surface area (Å²) in [7, 11) is -2.31. The van der Waals surface area contributed by atoms with Crippen molar-refractivity contribution in [3.63, 3.8) is 0 Å². The highest BCUT2D eigenvalue weighted by Crippen LogP contribution is 2.21. The van der Waals surface area contributed by atoms with Crippen molar-refractivity contribution >= 4 is 27.5 Å². The Morgan fingerprint density at radius 1 is 1.09 bits per heavy atom. The fourth-order valence-corrected chi connectivity index (χ4v) is 4.97. The van der Waals surface area contributed by atoms with Crippen molar-refractivity contribution < 1.29 is 27.1 Å². The molecule has 1 aliphatic carbocycles. The van der Waals surface area contributed by atoms with E-state index < -0.39 is 34.3 Å². The van der Waals surface area contributed by atoms with E-state index in [4.69, 9.17) is 4.74 Å². The van der Waals surface area contributed by atoms with Crippen molar-refractivity contribution in [2.75, 3.05) is 24.2 Å². The summed E-state index contributed by atoms with van der Waals surface area (Å²) in [6.45, 7) is 1.21. The number of ether oxygens (including phenoxy) is 1. The average molecular weight is 506 g/mol. The summed E-state index contributed by atoms with van der Waals surface area (Å²) in [5.74, 6) is -0.707. The Labute approximate surface area is 206 Å². The van der Waals surface area contributed by atoms with Gasteiger partial charge in [0.05, 0.1) is 19.1 Å². The largest absolute Gasteiger partial charge is 0.497 e. The number of benzene rings is 2. The third-order valence-corrected chi connectivity index (χ3v) is 7.32. The zero-order valence-corrected chi connectivity index (χ0v) is 21.1. The molecular formula is C25H32FN3O5S. The SMILES string of the molecule is COc1ccc(CN(C(=O)CN(c2ccc(F)cc2)S(C)(=O)=O)C(C)C(=O)NC2CCCC2)cc1. The molecule has 0 heterocycles. The van der Waals surface area contributed by atoms with E-state index in [2.05, 4.69) is 5.32 Å². The van der Waals surface area contributed by atoms with Crippen LogP contribution in [0.25, 0.3) is 0 Å². The molecule has 190 valence electrons. The Hall–Kier alpha value is -3.14. The zero-order valence-electron chi connectivity index (χ0n) is 20.2. The molecule has 1 atom stereocenters. The molecule has 0 spiro atoms. The van der Waals surface area contributed by atoms with Gasteiger partial charge in [0.25, 0.3) is 0 Å². The molecule has 35 heavy (non-hydrogen) atoms. The number of rotatable bonds is 10. The molecule has 0 aliphatic heterocycles. The van der Waals surface area contributed by atoms with E-state index in [0.717, 1.165) is 53.9 Å². The van der Waals surface area contributed by atoms with Gasteiger partial charge in [-0.3, -0.25) is 13.9 Å². The van der Waals surface area contributed by atoms with Crippen LogP contribution in [0.3, 0.4) is 0 Å². The molecule has 8 nitrogen and oxygen atoms in total. The minimum absolute atomic E-state index is 0.0784. The first kappa shape index (κ1) is 26.5. The van der Waals surface area contributed by atoms with Crippen LogP contribution in [0.4, 0.5) is 10.1 Å². The standard InChI is InChI=1S/C25H32FN3O5S/c1-18(25(31)27-21-6-4-5-7-21)28(16-19-8-14-23(34-2)15-9-19)24(30)17-29(35(3,32)33)22-12-10-20(26)11-13-22/h8-15,18,21H,4-7,16-17H2,1-3H3,(H,27,31). The molecule has 0 bridgehead atoms. The molecule has 2 aromatic carbocycles. The van der Waals surface area contributed by atoms with Crippen LogP contribution >= 0.6 is 0 Å². The number of hydrogen-bond acceptors (Lipinski definition) is 5. The Kier molecular flexibility index (Phi) is 8.71. The summed E-state index contributed by atoms with van der Waals surface area (Å²) in [5, 5.41) is 3.01. The van der Waals surface area contributed by atoms with E-state index in [-0.39, 0.29) is 24.2 Å². The predicted molar refractivity (Wildman–Crippen MR) is 132 cm³/mol. The van der Waals surface area contributed by atoms with Gasteiger partial charge in [-0.05, 0) is 61.7 Å². The van der Waals surface area contributed by atoms with Crippen molar-refractivity contribution in [3.8, 4) is 5.75 Å². The topological polar surface area (TPSA) is 96.0 Å². The molecule has 0 saturated heterocycles. The summed E-state index contributed by atoms with van der Waals surface area (Å²) < 4.78 is 44.5. The zero-order chi connectivity index (χ0) is 25.6. The van der Waals surface area contributed by atoms with Crippen LogP contribution in [0.5, 0.6) is 5.75 Å². The molecule has 0 radical (unpaired) electrons. The maximum atomic E-state index is 13.5. The first-order valence-electron chi connectivity index (χ1n) is 11.5. The van der Waals surface area contributed by atoms with E-state index in [1.165, 1.54) is 17.0 Å². The number of anilines is 1. The Bertz CT molecular complexity index is 1120. The third-order valence-electron chi connectivity index (χ3n) is 6.17. The Morgan fingerprint density at radius 2 is 1.69 bits per heavy atom. The van der Waals surface area contributed by atoms with Crippen LogP contribution in [0, 0.1) is 5.82 Å². The molecule has 1 aliphatic rings. The van der Waals surface area contributed by atoms with Gasteiger partial charge in [0, 0.05) is 12.6 Å². The Morgan fingerprint density at radius 3 is 2.23 bits per heavy atom. The molecule has 0 aromatic heterocycles. The maximum Gasteiger partial charge on any atom is 0.244 e. The molecule has 3 rings (SSSR count). The van der Waals surface area contributed by atoms with Crippen molar-refractivity contribution in [2.45, 2.75) is 51.2 Å². The van der Waals surface area contributed by atoms with Gasteiger partial charge in [-0.15, -0.1) is 0 Å². The average Bonchev–Trinajstić information content (AvgIpc) is 3.34. The van der Waals surface area contributed by atoms with Gasteiger partial charge in [0.1, 0.15) is 24.2 Å². The number of carbonyl (C=O) groups is 2. The van der Waals surface area contributed by atoms with Crippen LogP contribution in [0.2, 0.25) is 0 Å². The van der Waals surface area contributed by atoms with Gasteiger partial charge >= 0.3 is 0 Å². The number of methoxy groups -OCH3 is 1. The first-order chi connectivity index (χ1) is 16.6. The minimum atomic E-state index is -3.86. The molecule has 1 fully saturated rings. The number of hydrogen-bond donors (Lipinski definition) is 1. The molecular weight excluding hydrogens is 473 g/mol. The highest BCUT2D eigenvalue weighted by Gasteiger charge is 2.31. The third kappa shape index (κ3) is 7.17. The van der Waals surface area contributed by atoms with Gasteiger partial charge in [0.15, 0.2) is 0 Å². The molecule has 1 unspecified atom stereocenters. The van der Waals surface area contributed by atoms with Gasteiger partial charge in [-0.25, -0.2) is 12.8 Å². The summed E-state index contributed by atoms with van der Waals surface area (Å²) in [6.07, 6.45) is 4.88. The highest BCUT2D eigenvalue weighted by molar-refractivity contribution is 7.92. The normalized spacial score (nSPS) is 14.9. The van der Waals surface area contributed by atoms with Crippen LogP contribution in [0.15, 0.2) is 48.5 Å². The van der Waals surface area contributed by atoms with Crippen molar-refractivity contribution in [3.05, 3.63) is 59.9 Å². The van der Waals surface area contributed by atoms with E-state index in [1.54, 1.807) is 38.3 Å². The smallest absolute Gasteiger partial charge is 0.244 e. The van der Waals surface area contributed by atoms with Crippen molar-refractivity contribution in [1.82, 2.24) is 10.2 Å². The number of nitrogens with one attached hydrogen (secondary N) is 1. The fourth-order valence-electron chi connectivity index (χ4n) is 4.12. The lowest BCUT2D eigenvalue weighted by molar-refractivity contribution is -0.139. The number of carbonyl (C=O) groups excluding carboxylic acids is 2. The molecule has 10 heteroatoms.